The van der Waals surface area contributed by atoms with Gasteiger partial charge in [0.25, 0.3) is 0 Å². The molecule has 0 radical (unpaired) electrons. The van der Waals surface area contributed by atoms with E-state index in [1.165, 1.54) is 39.4 Å². The number of halogens is 1. The second kappa shape index (κ2) is 11.6. The zero-order valence-corrected chi connectivity index (χ0v) is 22.4. The predicted octanol–water partition coefficient (Wildman–Crippen LogP) is 9.19. The largest absolute Gasteiger partial charge is 0.353 e. The van der Waals surface area contributed by atoms with Crippen LogP contribution in [0.1, 0.15) is 87.0 Å². The smallest absolute Gasteiger partial charge is 0.126 e. The van der Waals surface area contributed by atoms with E-state index in [0.29, 0.717) is 11.8 Å². The molecule has 2 rings (SSSR count). The number of thioether (sulfide) groups is 1. The highest BCUT2D eigenvalue weighted by Crippen LogP contribution is 2.37. The van der Waals surface area contributed by atoms with Crippen LogP contribution in [0.15, 0.2) is 69.0 Å². The van der Waals surface area contributed by atoms with E-state index in [1.807, 2.05) is 0 Å². The van der Waals surface area contributed by atoms with Gasteiger partial charge in [-0.2, -0.15) is 0 Å². The van der Waals surface area contributed by atoms with Crippen LogP contribution in [0.4, 0.5) is 4.39 Å². The quantitative estimate of drug-likeness (QED) is 0.328. The van der Waals surface area contributed by atoms with Gasteiger partial charge in [-0.3, -0.25) is 0 Å². The average Bonchev–Trinajstić information content (AvgIpc) is 2.74. The molecule has 3 heteroatoms. The molecule has 0 bridgehead atoms. The summed E-state index contributed by atoms with van der Waals surface area (Å²) in [6.07, 6.45) is 14.8. The highest BCUT2D eigenvalue weighted by Gasteiger charge is 2.25. The van der Waals surface area contributed by atoms with Crippen LogP contribution < -0.4 is 5.32 Å². The summed E-state index contributed by atoms with van der Waals surface area (Å²) in [6, 6.07) is 0. The summed E-state index contributed by atoms with van der Waals surface area (Å²) in [5, 5.41) is 4.96. The Balaban J connectivity index is 2.20. The van der Waals surface area contributed by atoms with Gasteiger partial charge in [-0.1, -0.05) is 62.6 Å². The molecule has 0 aliphatic heterocycles. The predicted molar refractivity (Wildman–Crippen MR) is 142 cm³/mol. The van der Waals surface area contributed by atoms with E-state index in [4.69, 9.17) is 0 Å². The van der Waals surface area contributed by atoms with E-state index < -0.39 is 5.67 Å². The molecule has 32 heavy (non-hydrogen) atoms. The third-order valence-corrected chi connectivity index (χ3v) is 7.95. The van der Waals surface area contributed by atoms with Gasteiger partial charge in [-0.15, -0.1) is 11.8 Å². The first kappa shape index (κ1) is 26.8. The molecule has 0 heterocycles. The zero-order chi connectivity index (χ0) is 24.1. The van der Waals surface area contributed by atoms with Crippen molar-refractivity contribution in [2.24, 2.45) is 11.8 Å². The zero-order valence-electron chi connectivity index (χ0n) is 21.6. The van der Waals surface area contributed by atoms with Crippen LogP contribution in [0, 0.1) is 11.8 Å². The van der Waals surface area contributed by atoms with E-state index >= 15 is 0 Å². The highest BCUT2D eigenvalue weighted by atomic mass is 32.2. The average molecular weight is 458 g/mol. The summed E-state index contributed by atoms with van der Waals surface area (Å²) < 4.78 is 14.5. The molecule has 0 aromatic rings. The van der Waals surface area contributed by atoms with Crippen molar-refractivity contribution in [3.8, 4) is 0 Å². The Hall–Kier alpha value is -1.48. The van der Waals surface area contributed by atoms with Gasteiger partial charge in [-0.25, -0.2) is 4.39 Å². The van der Waals surface area contributed by atoms with Crippen LogP contribution in [0.2, 0.25) is 0 Å². The molecule has 2 unspecified atom stereocenters. The van der Waals surface area contributed by atoms with Gasteiger partial charge >= 0.3 is 0 Å². The minimum absolute atomic E-state index is 0.477. The first-order chi connectivity index (χ1) is 15.0. The molecule has 0 aromatic carbocycles. The lowest BCUT2D eigenvalue weighted by molar-refractivity contribution is 0.260. The summed E-state index contributed by atoms with van der Waals surface area (Å²) in [4.78, 5) is 0. The van der Waals surface area contributed by atoms with Crippen LogP contribution in [0.25, 0.3) is 0 Å². The van der Waals surface area contributed by atoms with Gasteiger partial charge in [0.15, 0.2) is 0 Å². The van der Waals surface area contributed by atoms with Gasteiger partial charge in [0, 0.05) is 5.70 Å². The summed E-state index contributed by atoms with van der Waals surface area (Å²) in [5.74, 6) is 1.10. The van der Waals surface area contributed by atoms with E-state index in [1.54, 1.807) is 25.6 Å². The Morgan fingerprint density at radius 2 is 1.88 bits per heavy atom. The Labute approximate surface area is 201 Å². The van der Waals surface area contributed by atoms with Crippen LogP contribution in [0.5, 0.6) is 0 Å². The minimum Gasteiger partial charge on any atom is -0.353 e. The van der Waals surface area contributed by atoms with Crippen molar-refractivity contribution in [1.29, 1.82) is 0 Å². The molecular weight excluding hydrogens is 413 g/mol. The fraction of sp³-hybridized carbons (Fsp3) is 0.586. The molecule has 0 fully saturated rings. The maximum Gasteiger partial charge on any atom is 0.126 e. The number of nitrogens with one attached hydrogen (secondary N) is 1. The van der Waals surface area contributed by atoms with E-state index in [-0.39, 0.29) is 0 Å². The number of hydrogen-bond acceptors (Lipinski definition) is 2. The monoisotopic (exact) mass is 457 g/mol. The van der Waals surface area contributed by atoms with Gasteiger partial charge < -0.3 is 5.32 Å². The Morgan fingerprint density at radius 3 is 2.38 bits per heavy atom. The number of rotatable bonds is 10. The topological polar surface area (TPSA) is 12.0 Å². The fourth-order valence-corrected chi connectivity index (χ4v) is 5.35. The van der Waals surface area contributed by atoms with Gasteiger partial charge in [0.1, 0.15) is 5.67 Å². The van der Waals surface area contributed by atoms with Crippen LogP contribution in [0.3, 0.4) is 0 Å². The van der Waals surface area contributed by atoms with Crippen LogP contribution in [-0.4, -0.2) is 11.9 Å². The Bertz CT molecular complexity index is 860. The summed E-state index contributed by atoms with van der Waals surface area (Å²) in [6.45, 7) is 18.9. The molecule has 0 aromatic heterocycles. The lowest BCUT2D eigenvalue weighted by atomic mass is 9.83. The van der Waals surface area contributed by atoms with Crippen molar-refractivity contribution in [3.63, 3.8) is 0 Å². The summed E-state index contributed by atoms with van der Waals surface area (Å²) in [5.41, 5.74) is 7.64. The molecule has 0 saturated carbocycles. The third kappa shape index (κ3) is 7.01. The Kier molecular flexibility index (Phi) is 9.69. The lowest BCUT2D eigenvalue weighted by Gasteiger charge is -2.27. The molecule has 0 amide bonds. The molecule has 2 aliphatic rings. The first-order valence-corrected chi connectivity index (χ1v) is 13.4. The maximum absolute atomic E-state index is 14.5. The number of alkyl halides is 1. The maximum atomic E-state index is 14.5. The van der Waals surface area contributed by atoms with Crippen LogP contribution >= 0.6 is 11.8 Å². The van der Waals surface area contributed by atoms with Crippen molar-refractivity contribution in [3.05, 3.63) is 69.0 Å². The third-order valence-electron chi connectivity index (χ3n) is 7.22. The molecule has 1 N–H and O–H groups in total. The van der Waals surface area contributed by atoms with Crippen molar-refractivity contribution in [2.75, 3.05) is 6.26 Å². The normalized spacial score (nSPS) is 20.1. The van der Waals surface area contributed by atoms with Gasteiger partial charge in [0.2, 0.25) is 0 Å². The molecule has 2 aliphatic carbocycles. The van der Waals surface area contributed by atoms with Gasteiger partial charge in [-0.05, 0) is 101 Å². The second-order valence-electron chi connectivity index (χ2n) is 10.2. The molecule has 2 atom stereocenters. The van der Waals surface area contributed by atoms with E-state index in [9.17, 15) is 4.39 Å². The molecule has 1 nitrogen and oxygen atoms in total. The number of allylic oxidation sites excluding steroid dienone is 10. The van der Waals surface area contributed by atoms with Crippen molar-refractivity contribution < 1.29 is 4.39 Å². The van der Waals surface area contributed by atoms with Crippen molar-refractivity contribution in [2.45, 2.75) is 92.7 Å². The summed E-state index contributed by atoms with van der Waals surface area (Å²) in [7, 11) is 0. The van der Waals surface area contributed by atoms with Crippen LogP contribution in [-0.2, 0) is 0 Å². The summed E-state index contributed by atoms with van der Waals surface area (Å²) >= 11 is 1.78. The number of hydrogen-bond donors (Lipinski definition) is 1. The van der Waals surface area contributed by atoms with Gasteiger partial charge in [0.05, 0.1) is 5.03 Å². The SMILES string of the molecule is C=C(C)/C(=C(/NC1=CC=C(CC2=C(C)CCC(C(C)(C)F)=C2)CC1)SC)C(C)C(C)CC. The second-order valence-corrected chi connectivity index (χ2v) is 11.0. The first-order valence-electron chi connectivity index (χ1n) is 12.2. The molecule has 0 spiro atoms. The van der Waals surface area contributed by atoms with E-state index in [0.717, 1.165) is 43.3 Å². The van der Waals surface area contributed by atoms with Crippen molar-refractivity contribution in [1.82, 2.24) is 5.32 Å². The fourth-order valence-electron chi connectivity index (χ4n) is 4.54. The van der Waals surface area contributed by atoms with Crippen molar-refractivity contribution >= 4 is 11.8 Å². The molecule has 0 saturated heterocycles. The minimum atomic E-state index is -1.22. The lowest BCUT2D eigenvalue weighted by Crippen LogP contribution is -2.20. The molecular formula is C29H44FNS. The Morgan fingerprint density at radius 1 is 1.19 bits per heavy atom. The molecule has 178 valence electrons. The highest BCUT2D eigenvalue weighted by molar-refractivity contribution is 8.02. The van der Waals surface area contributed by atoms with E-state index in [2.05, 4.69) is 71.0 Å². The standard InChI is InChI=1S/C29H44FNS/c1-10-20(4)22(6)27(19(2)3)28(32-9)31-26-15-12-23(13-16-26)17-24-18-25(29(7,8)30)14-11-21(24)5/h12,15,18,20,22,31H,2,10-11,13-14,16-17H2,1,3-9H3/b28-27+.